The second-order valence-electron chi connectivity index (χ2n) is 7.86. The molecule has 0 fully saturated rings. The first-order chi connectivity index (χ1) is 14.1. The maximum atomic E-state index is 12.5. The van der Waals surface area contributed by atoms with Crippen LogP contribution in [-0.4, -0.2) is 17.5 Å². The SMILES string of the molecule is CCCCCCCCCOc1ccc(C2NC(=S)NC3=C2C(=O)CCC3)cc1Cl. The summed E-state index contributed by atoms with van der Waals surface area (Å²) in [5.41, 5.74) is 2.67. The molecule has 4 nitrogen and oxygen atoms in total. The van der Waals surface area contributed by atoms with Crippen LogP contribution in [0, 0.1) is 0 Å². The average molecular weight is 435 g/mol. The van der Waals surface area contributed by atoms with Crippen molar-refractivity contribution in [3.63, 3.8) is 0 Å². The molecule has 0 saturated carbocycles. The van der Waals surface area contributed by atoms with Gasteiger partial charge in [0.05, 0.1) is 17.7 Å². The highest BCUT2D eigenvalue weighted by Gasteiger charge is 2.33. The number of rotatable bonds is 10. The Kier molecular flexibility index (Phi) is 8.37. The van der Waals surface area contributed by atoms with Crippen molar-refractivity contribution in [1.82, 2.24) is 10.6 Å². The molecule has 1 aromatic rings. The molecule has 29 heavy (non-hydrogen) atoms. The minimum absolute atomic E-state index is 0.175. The lowest BCUT2D eigenvalue weighted by molar-refractivity contribution is -0.116. The van der Waals surface area contributed by atoms with Crippen molar-refractivity contribution in [2.45, 2.75) is 77.2 Å². The number of carbonyl (C=O) groups is 1. The van der Waals surface area contributed by atoms with Crippen LogP contribution in [0.3, 0.4) is 0 Å². The van der Waals surface area contributed by atoms with Crippen LogP contribution in [0.5, 0.6) is 5.75 Å². The van der Waals surface area contributed by atoms with Gasteiger partial charge in [-0.05, 0) is 49.2 Å². The van der Waals surface area contributed by atoms with Gasteiger partial charge in [0.15, 0.2) is 10.9 Å². The quantitative estimate of drug-likeness (QED) is 0.349. The van der Waals surface area contributed by atoms with E-state index in [4.69, 9.17) is 28.6 Å². The molecule has 0 bridgehead atoms. The fourth-order valence-electron chi connectivity index (χ4n) is 4.01. The highest BCUT2D eigenvalue weighted by Crippen LogP contribution is 2.36. The van der Waals surface area contributed by atoms with Crippen LogP contribution < -0.4 is 15.4 Å². The first kappa shape index (κ1) is 22.1. The van der Waals surface area contributed by atoms with Gasteiger partial charge in [0.25, 0.3) is 0 Å². The Labute approximate surface area is 184 Å². The van der Waals surface area contributed by atoms with Crippen LogP contribution in [0.1, 0.15) is 82.7 Å². The fourth-order valence-corrected chi connectivity index (χ4v) is 4.49. The molecule has 6 heteroatoms. The van der Waals surface area contributed by atoms with E-state index in [1.807, 2.05) is 18.2 Å². The summed E-state index contributed by atoms with van der Waals surface area (Å²) in [6.07, 6.45) is 11.1. The van der Waals surface area contributed by atoms with E-state index in [1.54, 1.807) is 0 Å². The van der Waals surface area contributed by atoms with Crippen LogP contribution in [0.25, 0.3) is 0 Å². The molecule has 0 aromatic heterocycles. The van der Waals surface area contributed by atoms with E-state index >= 15 is 0 Å². The molecule has 0 saturated heterocycles. The lowest BCUT2D eigenvalue weighted by Gasteiger charge is -2.34. The number of unbranched alkanes of at least 4 members (excludes halogenated alkanes) is 6. The standard InChI is InChI=1S/C23H31ClN2O2S/c1-2-3-4-5-6-7-8-14-28-20-13-12-16(15-17(20)24)22-21-18(25-23(29)26-22)10-9-11-19(21)27/h12-13,15,22H,2-11,14H2,1H3,(H2,25,26,29). The number of nitrogens with one attached hydrogen (secondary N) is 2. The third-order valence-electron chi connectivity index (χ3n) is 5.58. The predicted molar refractivity (Wildman–Crippen MR) is 122 cm³/mol. The number of halogens is 1. The molecule has 2 N–H and O–H groups in total. The van der Waals surface area contributed by atoms with Crippen molar-refractivity contribution in [2.24, 2.45) is 0 Å². The van der Waals surface area contributed by atoms with Gasteiger partial charge in [0, 0.05) is 17.7 Å². The summed E-state index contributed by atoms with van der Waals surface area (Å²) in [5.74, 6) is 0.872. The van der Waals surface area contributed by atoms with E-state index in [0.717, 1.165) is 36.1 Å². The lowest BCUT2D eigenvalue weighted by Crippen LogP contribution is -2.46. The van der Waals surface area contributed by atoms with Gasteiger partial charge in [-0.3, -0.25) is 4.79 Å². The van der Waals surface area contributed by atoms with Crippen molar-refractivity contribution in [2.75, 3.05) is 6.61 Å². The molecule has 1 heterocycles. The molecule has 2 aliphatic rings. The summed E-state index contributed by atoms with van der Waals surface area (Å²) in [6, 6.07) is 5.52. The molecule has 1 aliphatic carbocycles. The minimum Gasteiger partial charge on any atom is -0.492 e. The molecule has 0 spiro atoms. The Morgan fingerprint density at radius 1 is 1.14 bits per heavy atom. The Morgan fingerprint density at radius 3 is 2.66 bits per heavy atom. The van der Waals surface area contributed by atoms with Gasteiger partial charge in [0.2, 0.25) is 0 Å². The predicted octanol–water partition coefficient (Wildman–Crippen LogP) is 6.00. The van der Waals surface area contributed by atoms with Gasteiger partial charge in [-0.25, -0.2) is 0 Å². The molecule has 1 atom stereocenters. The highest BCUT2D eigenvalue weighted by atomic mass is 35.5. The highest BCUT2D eigenvalue weighted by molar-refractivity contribution is 7.80. The van der Waals surface area contributed by atoms with E-state index in [0.29, 0.717) is 28.9 Å². The lowest BCUT2D eigenvalue weighted by atomic mass is 9.85. The number of hydrogen-bond donors (Lipinski definition) is 2. The van der Waals surface area contributed by atoms with Gasteiger partial charge in [-0.15, -0.1) is 0 Å². The van der Waals surface area contributed by atoms with Crippen molar-refractivity contribution < 1.29 is 9.53 Å². The molecule has 1 unspecified atom stereocenters. The van der Waals surface area contributed by atoms with E-state index in [2.05, 4.69) is 17.6 Å². The summed E-state index contributed by atoms with van der Waals surface area (Å²) >= 11 is 11.8. The van der Waals surface area contributed by atoms with Gasteiger partial charge < -0.3 is 15.4 Å². The van der Waals surface area contributed by atoms with Gasteiger partial charge >= 0.3 is 0 Å². The van der Waals surface area contributed by atoms with Crippen LogP contribution in [0.15, 0.2) is 29.5 Å². The molecule has 0 amide bonds. The molecular formula is C23H31ClN2O2S. The second kappa shape index (κ2) is 11.0. The molecule has 158 valence electrons. The number of allylic oxidation sites excluding steroid dienone is 1. The van der Waals surface area contributed by atoms with Gasteiger partial charge in [-0.1, -0.05) is 63.1 Å². The third kappa shape index (κ3) is 5.95. The Balaban J connectivity index is 1.58. The number of thiocarbonyl (C=S) groups is 1. The smallest absolute Gasteiger partial charge is 0.171 e. The summed E-state index contributed by atoms with van der Waals surface area (Å²) < 4.78 is 5.89. The van der Waals surface area contributed by atoms with Crippen LogP contribution >= 0.6 is 23.8 Å². The van der Waals surface area contributed by atoms with Crippen molar-refractivity contribution >= 4 is 34.7 Å². The zero-order chi connectivity index (χ0) is 20.6. The summed E-state index contributed by atoms with van der Waals surface area (Å²) in [6.45, 7) is 2.91. The molecule has 3 rings (SSSR count). The first-order valence-corrected chi connectivity index (χ1v) is 11.6. The molecule has 0 radical (unpaired) electrons. The number of Topliss-reactive ketones (excluding diaryl/α,β-unsaturated/α-hetero) is 1. The largest absolute Gasteiger partial charge is 0.492 e. The Morgan fingerprint density at radius 2 is 1.90 bits per heavy atom. The number of carbonyl (C=O) groups excluding carboxylic acids is 1. The van der Waals surface area contributed by atoms with Crippen molar-refractivity contribution in [1.29, 1.82) is 0 Å². The van der Waals surface area contributed by atoms with Crippen LogP contribution in [-0.2, 0) is 4.79 Å². The number of benzene rings is 1. The van der Waals surface area contributed by atoms with E-state index in [1.165, 1.54) is 38.5 Å². The fraction of sp³-hybridized carbons (Fsp3) is 0.565. The molecule has 1 aromatic carbocycles. The normalized spacial score (nSPS) is 18.9. The Bertz CT molecular complexity index is 778. The van der Waals surface area contributed by atoms with E-state index in [-0.39, 0.29) is 11.8 Å². The second-order valence-corrected chi connectivity index (χ2v) is 8.68. The van der Waals surface area contributed by atoms with Crippen LogP contribution in [0.4, 0.5) is 0 Å². The topological polar surface area (TPSA) is 50.4 Å². The van der Waals surface area contributed by atoms with Crippen molar-refractivity contribution in [3.8, 4) is 5.75 Å². The number of hydrogen-bond acceptors (Lipinski definition) is 3. The summed E-state index contributed by atoms with van der Waals surface area (Å²) in [7, 11) is 0. The van der Waals surface area contributed by atoms with E-state index < -0.39 is 0 Å². The van der Waals surface area contributed by atoms with Gasteiger partial charge in [-0.2, -0.15) is 0 Å². The number of ketones is 1. The monoisotopic (exact) mass is 434 g/mol. The number of ether oxygens (including phenoxy) is 1. The summed E-state index contributed by atoms with van der Waals surface area (Å²) in [4.78, 5) is 12.5. The average Bonchev–Trinajstić information content (AvgIpc) is 2.70. The molecule has 1 aliphatic heterocycles. The Hall–Kier alpha value is -1.59. The van der Waals surface area contributed by atoms with Crippen LogP contribution in [0.2, 0.25) is 5.02 Å². The molecular weight excluding hydrogens is 404 g/mol. The maximum absolute atomic E-state index is 12.5. The zero-order valence-corrected chi connectivity index (χ0v) is 18.8. The van der Waals surface area contributed by atoms with E-state index in [9.17, 15) is 4.79 Å². The summed E-state index contributed by atoms with van der Waals surface area (Å²) in [5, 5.41) is 7.51. The third-order valence-corrected chi connectivity index (χ3v) is 6.09. The van der Waals surface area contributed by atoms with Crippen molar-refractivity contribution in [3.05, 3.63) is 40.1 Å². The van der Waals surface area contributed by atoms with Gasteiger partial charge in [0.1, 0.15) is 5.75 Å². The minimum atomic E-state index is -0.249. The maximum Gasteiger partial charge on any atom is 0.171 e. The first-order valence-electron chi connectivity index (χ1n) is 10.9. The zero-order valence-electron chi connectivity index (χ0n) is 17.2.